The van der Waals surface area contributed by atoms with E-state index in [1.165, 1.54) is 0 Å². The monoisotopic (exact) mass is 421 g/mol. The highest BCUT2D eigenvalue weighted by Gasteiger charge is 2.43. The molecular formula is C24H31N5O2. The zero-order valence-corrected chi connectivity index (χ0v) is 18.0. The lowest BCUT2D eigenvalue weighted by atomic mass is 9.81. The van der Waals surface area contributed by atoms with Crippen LogP contribution in [0.25, 0.3) is 0 Å². The van der Waals surface area contributed by atoms with Crippen LogP contribution in [0.4, 0.5) is 5.82 Å². The summed E-state index contributed by atoms with van der Waals surface area (Å²) in [5, 5.41) is 0. The zero-order valence-electron chi connectivity index (χ0n) is 18.0. The van der Waals surface area contributed by atoms with E-state index < -0.39 is 0 Å². The Morgan fingerprint density at radius 3 is 2.55 bits per heavy atom. The SMILES string of the molecule is O=C(c1cccnc1)N1CCC2(CC1)C[C@@H](N1CCN(c3ccccn3)CC1)CCO2. The van der Waals surface area contributed by atoms with Gasteiger partial charge >= 0.3 is 0 Å². The predicted molar refractivity (Wildman–Crippen MR) is 119 cm³/mol. The Labute approximate surface area is 184 Å². The summed E-state index contributed by atoms with van der Waals surface area (Å²) >= 11 is 0. The average Bonchev–Trinajstić information content (AvgIpc) is 2.85. The standard InChI is InChI=1S/C24H31N5O2/c30-23(20-4-3-9-25-19-20)29-11-7-24(8-12-29)18-21(6-17-31-24)27-13-15-28(16-14-27)22-5-1-2-10-26-22/h1-5,9-10,19,21H,6-8,11-18H2/t21-/m0/s1. The van der Waals surface area contributed by atoms with E-state index in [9.17, 15) is 4.79 Å². The van der Waals surface area contributed by atoms with Crippen molar-refractivity contribution in [2.75, 3.05) is 50.8 Å². The highest BCUT2D eigenvalue weighted by molar-refractivity contribution is 5.93. The summed E-state index contributed by atoms with van der Waals surface area (Å²) in [6.45, 7) is 6.53. The maximum atomic E-state index is 12.8. The van der Waals surface area contributed by atoms with E-state index >= 15 is 0 Å². The summed E-state index contributed by atoms with van der Waals surface area (Å²) in [5.74, 6) is 1.16. The molecule has 7 nitrogen and oxygen atoms in total. The number of pyridine rings is 2. The van der Waals surface area contributed by atoms with Crippen LogP contribution < -0.4 is 4.90 Å². The summed E-state index contributed by atoms with van der Waals surface area (Å²) in [4.78, 5) is 28.3. The van der Waals surface area contributed by atoms with E-state index in [1.807, 2.05) is 29.3 Å². The third-order valence-corrected chi connectivity index (χ3v) is 7.14. The highest BCUT2D eigenvalue weighted by atomic mass is 16.5. The molecule has 3 aliphatic heterocycles. The lowest BCUT2D eigenvalue weighted by molar-refractivity contribution is -0.130. The summed E-state index contributed by atoms with van der Waals surface area (Å²) < 4.78 is 6.35. The van der Waals surface area contributed by atoms with Crippen LogP contribution in [0.5, 0.6) is 0 Å². The molecule has 5 rings (SSSR count). The van der Waals surface area contributed by atoms with Crippen LogP contribution in [-0.4, -0.2) is 83.2 Å². The highest BCUT2D eigenvalue weighted by Crippen LogP contribution is 2.37. The number of anilines is 1. The smallest absolute Gasteiger partial charge is 0.255 e. The van der Waals surface area contributed by atoms with E-state index in [2.05, 4.69) is 31.9 Å². The summed E-state index contributed by atoms with van der Waals surface area (Å²) in [6.07, 6.45) is 9.25. The van der Waals surface area contributed by atoms with Gasteiger partial charge in [0.25, 0.3) is 5.91 Å². The molecule has 0 radical (unpaired) electrons. The first-order valence-electron chi connectivity index (χ1n) is 11.5. The molecule has 5 heterocycles. The molecule has 0 bridgehead atoms. The number of rotatable bonds is 3. The minimum atomic E-state index is -0.0766. The molecular weight excluding hydrogens is 390 g/mol. The Morgan fingerprint density at radius 1 is 1.00 bits per heavy atom. The fraction of sp³-hybridized carbons (Fsp3) is 0.542. The van der Waals surface area contributed by atoms with Gasteiger partial charge in [0.15, 0.2) is 0 Å². The number of hydrogen-bond donors (Lipinski definition) is 0. The van der Waals surface area contributed by atoms with E-state index in [0.29, 0.717) is 11.6 Å². The summed E-state index contributed by atoms with van der Waals surface area (Å²) in [6, 6.07) is 10.4. The third-order valence-electron chi connectivity index (χ3n) is 7.14. The third kappa shape index (κ3) is 4.43. The van der Waals surface area contributed by atoms with Gasteiger partial charge in [0.2, 0.25) is 0 Å². The molecule has 3 fully saturated rings. The number of likely N-dealkylation sites (tertiary alicyclic amines) is 1. The largest absolute Gasteiger partial charge is 0.375 e. The van der Waals surface area contributed by atoms with Crippen molar-refractivity contribution in [1.82, 2.24) is 19.8 Å². The molecule has 3 aliphatic rings. The minimum Gasteiger partial charge on any atom is -0.375 e. The second-order valence-electron chi connectivity index (χ2n) is 8.92. The molecule has 3 saturated heterocycles. The van der Waals surface area contributed by atoms with Crippen LogP contribution in [-0.2, 0) is 4.74 Å². The lowest BCUT2D eigenvalue weighted by Crippen LogP contribution is -2.57. The van der Waals surface area contributed by atoms with Crippen LogP contribution in [0.3, 0.4) is 0 Å². The number of carbonyl (C=O) groups is 1. The fourth-order valence-corrected chi connectivity index (χ4v) is 5.31. The van der Waals surface area contributed by atoms with Gasteiger partial charge in [0.1, 0.15) is 5.82 Å². The second kappa shape index (κ2) is 8.93. The van der Waals surface area contributed by atoms with Gasteiger partial charge in [-0.2, -0.15) is 0 Å². The molecule has 0 aromatic carbocycles. The van der Waals surface area contributed by atoms with E-state index in [-0.39, 0.29) is 11.5 Å². The van der Waals surface area contributed by atoms with Gasteiger partial charge in [-0.1, -0.05) is 6.07 Å². The van der Waals surface area contributed by atoms with Crippen LogP contribution in [0.2, 0.25) is 0 Å². The van der Waals surface area contributed by atoms with Gasteiger partial charge in [-0.15, -0.1) is 0 Å². The first kappa shape index (κ1) is 20.4. The molecule has 1 amide bonds. The first-order chi connectivity index (χ1) is 15.2. The lowest BCUT2D eigenvalue weighted by Gasteiger charge is -2.49. The second-order valence-corrected chi connectivity index (χ2v) is 8.92. The normalized spacial score (nSPS) is 24.3. The van der Waals surface area contributed by atoms with Crippen molar-refractivity contribution >= 4 is 11.7 Å². The Kier molecular flexibility index (Phi) is 5.87. The first-order valence-corrected chi connectivity index (χ1v) is 11.5. The van der Waals surface area contributed by atoms with Crippen molar-refractivity contribution in [3.63, 3.8) is 0 Å². The molecule has 0 aliphatic carbocycles. The fourth-order valence-electron chi connectivity index (χ4n) is 5.31. The molecule has 31 heavy (non-hydrogen) atoms. The number of carbonyl (C=O) groups excluding carboxylic acids is 1. The van der Waals surface area contributed by atoms with Gasteiger partial charge in [0.05, 0.1) is 11.2 Å². The zero-order chi connectivity index (χ0) is 21.1. The molecule has 1 atom stereocenters. The van der Waals surface area contributed by atoms with Gasteiger partial charge in [-0.3, -0.25) is 14.7 Å². The molecule has 7 heteroatoms. The Balaban J connectivity index is 1.15. The van der Waals surface area contributed by atoms with E-state index in [0.717, 1.165) is 77.4 Å². The van der Waals surface area contributed by atoms with Crippen molar-refractivity contribution in [3.8, 4) is 0 Å². The van der Waals surface area contributed by atoms with Crippen LogP contribution in [0, 0.1) is 0 Å². The summed E-state index contributed by atoms with van der Waals surface area (Å²) in [5.41, 5.74) is 0.596. The van der Waals surface area contributed by atoms with Crippen molar-refractivity contribution in [2.45, 2.75) is 37.3 Å². The van der Waals surface area contributed by atoms with Gasteiger partial charge in [-0.05, 0) is 49.9 Å². The van der Waals surface area contributed by atoms with E-state index in [4.69, 9.17) is 4.74 Å². The van der Waals surface area contributed by atoms with Crippen molar-refractivity contribution in [2.24, 2.45) is 0 Å². The van der Waals surface area contributed by atoms with Crippen LogP contribution in [0.1, 0.15) is 36.0 Å². The minimum absolute atomic E-state index is 0.0766. The van der Waals surface area contributed by atoms with Crippen LogP contribution >= 0.6 is 0 Å². The topological polar surface area (TPSA) is 61.8 Å². The van der Waals surface area contributed by atoms with Gasteiger partial charge < -0.3 is 14.5 Å². The van der Waals surface area contributed by atoms with Crippen molar-refractivity contribution in [3.05, 3.63) is 54.5 Å². The number of aromatic nitrogens is 2. The maximum Gasteiger partial charge on any atom is 0.255 e. The molecule has 164 valence electrons. The Bertz CT molecular complexity index is 862. The number of piperazine rings is 1. The maximum absolute atomic E-state index is 12.8. The summed E-state index contributed by atoms with van der Waals surface area (Å²) in [7, 11) is 0. The molecule has 0 N–H and O–H groups in total. The average molecular weight is 422 g/mol. The van der Waals surface area contributed by atoms with Crippen molar-refractivity contribution in [1.29, 1.82) is 0 Å². The molecule has 0 unspecified atom stereocenters. The quantitative estimate of drug-likeness (QED) is 0.759. The van der Waals surface area contributed by atoms with Gasteiger partial charge in [0, 0.05) is 70.5 Å². The number of hydrogen-bond acceptors (Lipinski definition) is 6. The Morgan fingerprint density at radius 2 is 1.84 bits per heavy atom. The number of nitrogens with zero attached hydrogens (tertiary/aromatic N) is 5. The number of amides is 1. The molecule has 2 aromatic heterocycles. The van der Waals surface area contributed by atoms with Crippen LogP contribution in [0.15, 0.2) is 48.9 Å². The predicted octanol–water partition coefficient (Wildman–Crippen LogP) is 2.45. The molecule has 0 saturated carbocycles. The number of piperidine rings is 1. The molecule has 2 aromatic rings. The van der Waals surface area contributed by atoms with E-state index in [1.54, 1.807) is 12.4 Å². The molecule has 1 spiro atoms. The van der Waals surface area contributed by atoms with Crippen molar-refractivity contribution < 1.29 is 9.53 Å². The Hall–Kier alpha value is -2.51. The van der Waals surface area contributed by atoms with Gasteiger partial charge in [-0.25, -0.2) is 4.98 Å². The number of ether oxygens (including phenoxy) is 1.